The van der Waals surface area contributed by atoms with Gasteiger partial charge in [0.05, 0.1) is 17.6 Å². The molecule has 0 radical (unpaired) electrons. The molecule has 0 aliphatic heterocycles. The molecule has 2 aromatic heterocycles. The van der Waals surface area contributed by atoms with Crippen molar-refractivity contribution >= 4 is 17.4 Å². The van der Waals surface area contributed by atoms with Gasteiger partial charge in [0.15, 0.2) is 5.76 Å². The maximum Gasteiger partial charge on any atom is 0.205 e. The number of nitrogens with two attached hydrogens (primary N) is 1. The van der Waals surface area contributed by atoms with Crippen molar-refractivity contribution in [2.24, 2.45) is 0 Å². The highest BCUT2D eigenvalue weighted by Gasteiger charge is 2.08. The zero-order valence-corrected chi connectivity index (χ0v) is 11.5. The molecular weight excluding hydrogens is 270 g/mol. The topological polar surface area (TPSA) is 64.9 Å². The number of oxazole rings is 1. The second kappa shape index (κ2) is 5.79. The summed E-state index contributed by atoms with van der Waals surface area (Å²) in [4.78, 5) is 8.51. The second-order valence-electron chi connectivity index (χ2n) is 4.17. The molecule has 0 saturated heterocycles. The molecule has 0 aliphatic rings. The molecule has 1 aromatic carbocycles. The molecule has 0 unspecified atom stereocenters. The molecular formula is C15H13N3OS. The number of hydrogen-bond acceptors (Lipinski definition) is 5. The lowest BCUT2D eigenvalue weighted by Crippen LogP contribution is -1.91. The third-order valence-corrected chi connectivity index (χ3v) is 3.75. The fraction of sp³-hybridized carbons (Fsp3) is 0.0667. The summed E-state index contributed by atoms with van der Waals surface area (Å²) in [6, 6.07) is 13.6. The predicted molar refractivity (Wildman–Crippen MR) is 80.1 cm³/mol. The highest BCUT2D eigenvalue weighted by molar-refractivity contribution is 7.98. The Bertz CT molecular complexity index is 697. The van der Waals surface area contributed by atoms with Crippen molar-refractivity contribution in [2.75, 3.05) is 5.73 Å². The van der Waals surface area contributed by atoms with Crippen LogP contribution in [-0.2, 0) is 5.75 Å². The van der Waals surface area contributed by atoms with E-state index in [1.54, 1.807) is 12.4 Å². The van der Waals surface area contributed by atoms with Crippen LogP contribution in [0.1, 0.15) is 5.89 Å². The molecule has 2 N–H and O–H groups in total. The van der Waals surface area contributed by atoms with E-state index in [1.165, 1.54) is 11.8 Å². The minimum Gasteiger partial charge on any atom is -0.440 e. The highest BCUT2D eigenvalue weighted by atomic mass is 32.2. The molecule has 0 atom stereocenters. The van der Waals surface area contributed by atoms with Crippen molar-refractivity contribution in [3.63, 3.8) is 0 Å². The van der Waals surface area contributed by atoms with Gasteiger partial charge in [-0.2, -0.15) is 0 Å². The number of hydrogen-bond donors (Lipinski definition) is 1. The highest BCUT2D eigenvalue weighted by Crippen LogP contribution is 2.27. The summed E-state index contributed by atoms with van der Waals surface area (Å²) in [5.74, 6) is 2.04. The summed E-state index contributed by atoms with van der Waals surface area (Å²) in [7, 11) is 0. The van der Waals surface area contributed by atoms with E-state index in [0.717, 1.165) is 16.3 Å². The number of thioether (sulfide) groups is 1. The SMILES string of the molecule is Nc1cccnc1SCc1ncc(-c2ccccc2)o1. The zero-order valence-electron chi connectivity index (χ0n) is 10.7. The van der Waals surface area contributed by atoms with Gasteiger partial charge in [-0.3, -0.25) is 0 Å². The van der Waals surface area contributed by atoms with E-state index < -0.39 is 0 Å². The van der Waals surface area contributed by atoms with E-state index in [4.69, 9.17) is 10.2 Å². The third kappa shape index (κ3) is 2.83. The fourth-order valence-electron chi connectivity index (χ4n) is 1.77. The summed E-state index contributed by atoms with van der Waals surface area (Å²) >= 11 is 1.52. The van der Waals surface area contributed by atoms with Gasteiger partial charge in [-0.05, 0) is 12.1 Å². The van der Waals surface area contributed by atoms with Crippen LogP contribution in [0.3, 0.4) is 0 Å². The summed E-state index contributed by atoms with van der Waals surface area (Å²) in [6.07, 6.45) is 3.47. The van der Waals surface area contributed by atoms with Gasteiger partial charge in [0.2, 0.25) is 5.89 Å². The monoisotopic (exact) mass is 283 g/mol. The zero-order chi connectivity index (χ0) is 13.8. The number of aromatic nitrogens is 2. The quantitative estimate of drug-likeness (QED) is 0.741. The van der Waals surface area contributed by atoms with E-state index >= 15 is 0 Å². The lowest BCUT2D eigenvalue weighted by molar-refractivity contribution is 0.530. The van der Waals surface area contributed by atoms with E-state index in [0.29, 0.717) is 17.3 Å². The Morgan fingerprint density at radius 1 is 1.05 bits per heavy atom. The van der Waals surface area contributed by atoms with Crippen LogP contribution in [-0.4, -0.2) is 9.97 Å². The number of rotatable bonds is 4. The Hall–Kier alpha value is -2.27. The average Bonchev–Trinajstić information content (AvgIpc) is 2.96. The molecule has 100 valence electrons. The van der Waals surface area contributed by atoms with Crippen LogP contribution < -0.4 is 5.73 Å². The molecule has 0 saturated carbocycles. The number of anilines is 1. The Morgan fingerprint density at radius 2 is 1.90 bits per heavy atom. The normalized spacial score (nSPS) is 10.6. The van der Waals surface area contributed by atoms with Crippen molar-refractivity contribution in [1.29, 1.82) is 0 Å². The maximum absolute atomic E-state index is 5.85. The van der Waals surface area contributed by atoms with E-state index in [9.17, 15) is 0 Å². The Morgan fingerprint density at radius 3 is 2.70 bits per heavy atom. The Kier molecular flexibility index (Phi) is 3.69. The standard InChI is InChI=1S/C15H13N3OS/c16-12-7-4-8-17-15(12)20-10-14-18-9-13(19-14)11-5-2-1-3-6-11/h1-9H,10,16H2. The first-order valence-electron chi connectivity index (χ1n) is 6.16. The smallest absolute Gasteiger partial charge is 0.205 e. The maximum atomic E-state index is 5.85. The largest absolute Gasteiger partial charge is 0.440 e. The average molecular weight is 283 g/mol. The Balaban J connectivity index is 1.71. The van der Waals surface area contributed by atoms with Crippen molar-refractivity contribution in [3.05, 3.63) is 60.7 Å². The van der Waals surface area contributed by atoms with Gasteiger partial charge in [0, 0.05) is 11.8 Å². The van der Waals surface area contributed by atoms with Crippen LogP contribution in [0.5, 0.6) is 0 Å². The van der Waals surface area contributed by atoms with Crippen LogP contribution in [0, 0.1) is 0 Å². The number of benzene rings is 1. The van der Waals surface area contributed by atoms with Crippen molar-refractivity contribution in [1.82, 2.24) is 9.97 Å². The van der Waals surface area contributed by atoms with Crippen LogP contribution in [0.25, 0.3) is 11.3 Å². The summed E-state index contributed by atoms with van der Waals surface area (Å²) in [5.41, 5.74) is 7.54. The first-order valence-corrected chi connectivity index (χ1v) is 7.15. The molecule has 0 amide bonds. The van der Waals surface area contributed by atoms with Gasteiger partial charge in [-0.1, -0.05) is 42.1 Å². The first-order chi connectivity index (χ1) is 9.83. The summed E-state index contributed by atoms with van der Waals surface area (Å²) in [6.45, 7) is 0. The van der Waals surface area contributed by atoms with Crippen LogP contribution in [0.2, 0.25) is 0 Å². The minimum atomic E-state index is 0.605. The number of nitrogens with zero attached hydrogens (tertiary/aromatic N) is 2. The van der Waals surface area contributed by atoms with Gasteiger partial charge in [-0.25, -0.2) is 9.97 Å². The van der Waals surface area contributed by atoms with E-state index in [2.05, 4.69) is 9.97 Å². The van der Waals surface area contributed by atoms with Crippen molar-refractivity contribution in [2.45, 2.75) is 10.8 Å². The lowest BCUT2D eigenvalue weighted by atomic mass is 10.2. The molecule has 3 rings (SSSR count). The van der Waals surface area contributed by atoms with Crippen LogP contribution >= 0.6 is 11.8 Å². The van der Waals surface area contributed by atoms with E-state index in [-0.39, 0.29) is 0 Å². The van der Waals surface area contributed by atoms with Gasteiger partial charge >= 0.3 is 0 Å². The number of nitrogen functional groups attached to an aromatic ring is 1. The summed E-state index contributed by atoms with van der Waals surface area (Å²) < 4.78 is 5.73. The van der Waals surface area contributed by atoms with E-state index in [1.807, 2.05) is 42.5 Å². The fourth-order valence-corrected chi connectivity index (χ4v) is 2.53. The molecule has 4 nitrogen and oxygen atoms in total. The molecule has 0 bridgehead atoms. The number of pyridine rings is 1. The van der Waals surface area contributed by atoms with Crippen LogP contribution in [0.4, 0.5) is 5.69 Å². The van der Waals surface area contributed by atoms with Gasteiger partial charge < -0.3 is 10.2 Å². The lowest BCUT2D eigenvalue weighted by Gasteiger charge is -2.01. The first kappa shape index (κ1) is 12.7. The minimum absolute atomic E-state index is 0.605. The van der Waals surface area contributed by atoms with Crippen LogP contribution in [0.15, 0.2) is 64.3 Å². The predicted octanol–water partition coefficient (Wildman–Crippen LogP) is 3.61. The molecule has 20 heavy (non-hydrogen) atoms. The Labute approximate surface area is 121 Å². The summed E-state index contributed by atoms with van der Waals surface area (Å²) in [5, 5.41) is 0.798. The molecule has 0 fully saturated rings. The van der Waals surface area contributed by atoms with Gasteiger partial charge in [0.25, 0.3) is 0 Å². The van der Waals surface area contributed by atoms with Gasteiger partial charge in [0.1, 0.15) is 5.03 Å². The van der Waals surface area contributed by atoms with Gasteiger partial charge in [-0.15, -0.1) is 0 Å². The molecule has 5 heteroatoms. The molecule has 2 heterocycles. The molecule has 0 spiro atoms. The van der Waals surface area contributed by atoms with Crippen molar-refractivity contribution < 1.29 is 4.42 Å². The molecule has 3 aromatic rings. The second-order valence-corrected chi connectivity index (χ2v) is 5.13. The third-order valence-electron chi connectivity index (χ3n) is 2.74. The van der Waals surface area contributed by atoms with Crippen molar-refractivity contribution in [3.8, 4) is 11.3 Å². The molecule has 0 aliphatic carbocycles.